The van der Waals surface area contributed by atoms with E-state index in [9.17, 15) is 9.18 Å². The molecule has 0 heterocycles. The lowest BCUT2D eigenvalue weighted by atomic mass is 10.2. The molecule has 2 aromatic carbocycles. The second-order valence-electron chi connectivity index (χ2n) is 3.70. The Morgan fingerprint density at radius 3 is 2.44 bits per heavy atom. The summed E-state index contributed by atoms with van der Waals surface area (Å²) in [5, 5.41) is 2.66. The number of amides is 1. The zero-order valence-electron chi connectivity index (χ0n) is 9.28. The predicted molar refractivity (Wildman–Crippen MR) is 72.9 cm³/mol. The SMILES string of the molecule is Nc1ccc(C(=O)Nc2ccc(F)cc2)cc1Br. The third kappa shape index (κ3) is 2.87. The van der Waals surface area contributed by atoms with Gasteiger partial charge in [-0.2, -0.15) is 0 Å². The van der Waals surface area contributed by atoms with Crippen LogP contribution in [0.5, 0.6) is 0 Å². The Kier molecular flexibility index (Phi) is 3.62. The van der Waals surface area contributed by atoms with Gasteiger partial charge in [0.25, 0.3) is 5.91 Å². The van der Waals surface area contributed by atoms with Crippen LogP contribution in [-0.2, 0) is 0 Å². The van der Waals surface area contributed by atoms with Crippen molar-refractivity contribution in [1.82, 2.24) is 0 Å². The Morgan fingerprint density at radius 1 is 1.17 bits per heavy atom. The molecule has 1 amide bonds. The summed E-state index contributed by atoms with van der Waals surface area (Å²) in [6.45, 7) is 0. The van der Waals surface area contributed by atoms with Gasteiger partial charge in [0, 0.05) is 21.4 Å². The van der Waals surface area contributed by atoms with Crippen LogP contribution in [0.1, 0.15) is 10.4 Å². The van der Waals surface area contributed by atoms with E-state index < -0.39 is 0 Å². The van der Waals surface area contributed by atoms with E-state index in [0.29, 0.717) is 21.4 Å². The van der Waals surface area contributed by atoms with Crippen molar-refractivity contribution in [1.29, 1.82) is 0 Å². The number of hydrogen-bond donors (Lipinski definition) is 2. The molecule has 0 aliphatic heterocycles. The Labute approximate surface area is 112 Å². The molecule has 2 rings (SSSR count). The number of carbonyl (C=O) groups excluding carboxylic acids is 1. The zero-order valence-corrected chi connectivity index (χ0v) is 10.9. The van der Waals surface area contributed by atoms with Gasteiger partial charge >= 0.3 is 0 Å². The van der Waals surface area contributed by atoms with E-state index in [0.717, 1.165) is 0 Å². The number of rotatable bonds is 2. The summed E-state index contributed by atoms with van der Waals surface area (Å²) in [5.74, 6) is -0.620. The molecule has 0 aromatic heterocycles. The molecule has 0 aliphatic carbocycles. The maximum absolute atomic E-state index is 12.7. The molecule has 0 fully saturated rings. The Balaban J connectivity index is 2.16. The fraction of sp³-hybridized carbons (Fsp3) is 0. The van der Waals surface area contributed by atoms with Gasteiger partial charge in [-0.1, -0.05) is 0 Å². The fourth-order valence-corrected chi connectivity index (χ4v) is 1.78. The number of carbonyl (C=O) groups is 1. The predicted octanol–water partition coefficient (Wildman–Crippen LogP) is 3.42. The first-order valence-electron chi connectivity index (χ1n) is 5.18. The molecule has 0 spiro atoms. The lowest BCUT2D eigenvalue weighted by Gasteiger charge is -2.06. The first-order valence-corrected chi connectivity index (χ1v) is 5.97. The molecule has 18 heavy (non-hydrogen) atoms. The highest BCUT2D eigenvalue weighted by molar-refractivity contribution is 9.10. The van der Waals surface area contributed by atoms with Crippen molar-refractivity contribution in [2.45, 2.75) is 0 Å². The summed E-state index contributed by atoms with van der Waals surface area (Å²) >= 11 is 3.25. The van der Waals surface area contributed by atoms with Crippen LogP contribution in [0.4, 0.5) is 15.8 Å². The van der Waals surface area contributed by atoms with Crippen molar-refractivity contribution < 1.29 is 9.18 Å². The molecular formula is C13H10BrFN2O. The van der Waals surface area contributed by atoms with Crippen molar-refractivity contribution in [3.05, 3.63) is 58.3 Å². The van der Waals surface area contributed by atoms with E-state index in [1.54, 1.807) is 18.2 Å². The Morgan fingerprint density at radius 2 is 1.83 bits per heavy atom. The monoisotopic (exact) mass is 308 g/mol. The van der Waals surface area contributed by atoms with Crippen LogP contribution >= 0.6 is 15.9 Å². The van der Waals surface area contributed by atoms with Crippen LogP contribution in [0, 0.1) is 5.82 Å². The zero-order chi connectivity index (χ0) is 13.1. The van der Waals surface area contributed by atoms with Gasteiger partial charge in [0.2, 0.25) is 0 Å². The van der Waals surface area contributed by atoms with Crippen LogP contribution < -0.4 is 11.1 Å². The highest BCUT2D eigenvalue weighted by Gasteiger charge is 2.07. The molecule has 0 bridgehead atoms. The number of halogens is 2. The first-order chi connectivity index (χ1) is 8.56. The molecule has 2 aromatic rings. The fourth-order valence-electron chi connectivity index (χ4n) is 1.40. The third-order valence-electron chi connectivity index (χ3n) is 2.36. The van der Waals surface area contributed by atoms with E-state index >= 15 is 0 Å². The molecule has 0 saturated carbocycles. The average molecular weight is 309 g/mol. The standard InChI is InChI=1S/C13H10BrFN2O/c14-11-7-8(1-6-12(11)16)13(18)17-10-4-2-9(15)3-5-10/h1-7H,16H2,(H,17,18). The highest BCUT2D eigenvalue weighted by atomic mass is 79.9. The van der Waals surface area contributed by atoms with Crippen LogP contribution in [0.3, 0.4) is 0 Å². The molecule has 5 heteroatoms. The second kappa shape index (κ2) is 5.18. The van der Waals surface area contributed by atoms with Crippen LogP contribution in [-0.4, -0.2) is 5.91 Å². The van der Waals surface area contributed by atoms with Gasteiger partial charge in [0.05, 0.1) is 0 Å². The smallest absolute Gasteiger partial charge is 0.255 e. The third-order valence-corrected chi connectivity index (χ3v) is 3.05. The number of benzene rings is 2. The second-order valence-corrected chi connectivity index (χ2v) is 4.55. The lowest BCUT2D eigenvalue weighted by molar-refractivity contribution is 0.102. The number of nitrogen functional groups attached to an aromatic ring is 1. The minimum absolute atomic E-state index is 0.276. The maximum atomic E-state index is 12.7. The van der Waals surface area contributed by atoms with Crippen molar-refractivity contribution in [2.24, 2.45) is 0 Å². The molecule has 3 nitrogen and oxygen atoms in total. The van der Waals surface area contributed by atoms with E-state index in [2.05, 4.69) is 21.2 Å². The van der Waals surface area contributed by atoms with Gasteiger partial charge in [-0.15, -0.1) is 0 Å². The van der Waals surface area contributed by atoms with E-state index in [1.165, 1.54) is 24.3 Å². The van der Waals surface area contributed by atoms with Crippen LogP contribution in [0.15, 0.2) is 46.9 Å². The summed E-state index contributed by atoms with van der Waals surface area (Å²) < 4.78 is 13.4. The number of hydrogen-bond acceptors (Lipinski definition) is 2. The van der Waals surface area contributed by atoms with E-state index in [1.807, 2.05) is 0 Å². The quantitative estimate of drug-likeness (QED) is 0.835. The average Bonchev–Trinajstić information content (AvgIpc) is 2.35. The Hall–Kier alpha value is -1.88. The normalized spacial score (nSPS) is 10.1. The van der Waals surface area contributed by atoms with Crippen molar-refractivity contribution in [3.63, 3.8) is 0 Å². The molecule has 3 N–H and O–H groups in total. The van der Waals surface area contributed by atoms with Gasteiger partial charge < -0.3 is 11.1 Å². The minimum Gasteiger partial charge on any atom is -0.398 e. The van der Waals surface area contributed by atoms with Crippen molar-refractivity contribution >= 4 is 33.2 Å². The highest BCUT2D eigenvalue weighted by Crippen LogP contribution is 2.21. The van der Waals surface area contributed by atoms with Crippen LogP contribution in [0.25, 0.3) is 0 Å². The molecular weight excluding hydrogens is 299 g/mol. The van der Waals surface area contributed by atoms with Gasteiger partial charge in [-0.05, 0) is 58.4 Å². The summed E-state index contributed by atoms with van der Waals surface area (Å²) in [7, 11) is 0. The van der Waals surface area contributed by atoms with Gasteiger partial charge in [-0.3, -0.25) is 4.79 Å². The van der Waals surface area contributed by atoms with Crippen molar-refractivity contribution in [3.8, 4) is 0 Å². The largest absolute Gasteiger partial charge is 0.398 e. The summed E-state index contributed by atoms with van der Waals surface area (Å²) in [6.07, 6.45) is 0. The van der Waals surface area contributed by atoms with E-state index in [4.69, 9.17) is 5.73 Å². The molecule has 0 unspecified atom stereocenters. The number of nitrogens with one attached hydrogen (secondary N) is 1. The number of nitrogens with two attached hydrogens (primary N) is 1. The molecule has 0 saturated heterocycles. The first kappa shape index (κ1) is 12.6. The Bertz CT molecular complexity index is 584. The molecule has 0 aliphatic rings. The topological polar surface area (TPSA) is 55.1 Å². The summed E-state index contributed by atoms with van der Waals surface area (Å²) in [5.41, 5.74) is 7.21. The molecule has 0 atom stereocenters. The summed E-state index contributed by atoms with van der Waals surface area (Å²) in [4.78, 5) is 11.9. The van der Waals surface area contributed by atoms with Gasteiger partial charge in [0.1, 0.15) is 5.82 Å². The lowest BCUT2D eigenvalue weighted by Crippen LogP contribution is -2.12. The number of anilines is 2. The van der Waals surface area contributed by atoms with Gasteiger partial charge in [-0.25, -0.2) is 4.39 Å². The van der Waals surface area contributed by atoms with E-state index in [-0.39, 0.29) is 11.7 Å². The summed E-state index contributed by atoms with van der Waals surface area (Å²) in [6, 6.07) is 10.5. The van der Waals surface area contributed by atoms with Crippen LogP contribution in [0.2, 0.25) is 0 Å². The van der Waals surface area contributed by atoms with Crippen molar-refractivity contribution in [2.75, 3.05) is 11.1 Å². The molecule has 0 radical (unpaired) electrons. The minimum atomic E-state index is -0.344. The van der Waals surface area contributed by atoms with Gasteiger partial charge in [0.15, 0.2) is 0 Å². The molecule has 92 valence electrons. The maximum Gasteiger partial charge on any atom is 0.255 e.